The molecule has 12 heteroatoms. The molecule has 1 atom stereocenters. The van der Waals surface area contributed by atoms with Crippen LogP contribution in [0.5, 0.6) is 5.75 Å². The van der Waals surface area contributed by atoms with Crippen LogP contribution in [0.15, 0.2) is 57.2 Å². The van der Waals surface area contributed by atoms with Gasteiger partial charge in [0.2, 0.25) is 0 Å². The molecule has 162 valence electrons. The molecule has 0 saturated carbocycles. The normalized spacial score (nSPS) is 14.0. The Morgan fingerprint density at radius 3 is 2.03 bits per heavy atom. The molecule has 0 saturated heterocycles. The zero-order valence-electron chi connectivity index (χ0n) is 15.1. The molecule has 0 amide bonds. The van der Waals surface area contributed by atoms with Crippen molar-refractivity contribution in [2.75, 3.05) is 6.61 Å². The van der Waals surface area contributed by atoms with Crippen LogP contribution < -0.4 is 25.9 Å². The van der Waals surface area contributed by atoms with Gasteiger partial charge in [-0.05, 0) is 0 Å². The monoisotopic (exact) mass is 564 g/mol. The van der Waals surface area contributed by atoms with E-state index >= 15 is 0 Å². The molecule has 2 aromatic rings. The molecular formula is C17H18F3INO5S2-. The zero-order valence-corrected chi connectivity index (χ0v) is 18.9. The number of halogens is 4. The molecule has 0 aliphatic heterocycles. The molecule has 6 nitrogen and oxygen atoms in total. The van der Waals surface area contributed by atoms with E-state index in [2.05, 4.69) is 15.1 Å². The third-order valence-electron chi connectivity index (χ3n) is 3.43. The Kier molecular flexibility index (Phi) is 8.73. The van der Waals surface area contributed by atoms with Crippen molar-refractivity contribution >= 4 is 20.0 Å². The number of alkyl halides is 2. The molecular weight excluding hydrogens is 546 g/mol. The van der Waals surface area contributed by atoms with Crippen molar-refractivity contribution in [2.45, 2.75) is 30.4 Å². The Bertz CT molecular complexity index is 1020. The number of nitrogens with zero attached hydrogens (tertiary/aromatic N) is 1. The number of hydrogen-bond acceptors (Lipinski definition) is 5. The molecule has 0 N–H and O–H groups in total. The Balaban J connectivity index is 2.12. The van der Waals surface area contributed by atoms with Crippen molar-refractivity contribution in [3.05, 3.63) is 55.7 Å². The van der Waals surface area contributed by atoms with E-state index in [0.717, 1.165) is 37.9 Å². The maximum absolute atomic E-state index is 12.5. The fraction of sp³-hybridized carbons (Fsp3) is 0.294. The van der Waals surface area contributed by atoms with E-state index in [1.807, 2.05) is 24.3 Å². The number of rotatable bonds is 10. The van der Waals surface area contributed by atoms with Crippen LogP contribution >= 0.6 is 0 Å². The molecule has 0 aliphatic carbocycles. The van der Waals surface area contributed by atoms with Gasteiger partial charge in [-0.25, -0.2) is 0 Å². The van der Waals surface area contributed by atoms with Crippen LogP contribution in [-0.4, -0.2) is 25.0 Å². The van der Waals surface area contributed by atoms with Gasteiger partial charge in [-0.2, -0.15) is 0 Å². The van der Waals surface area contributed by atoms with Gasteiger partial charge >= 0.3 is 179 Å². The van der Waals surface area contributed by atoms with Gasteiger partial charge in [-0.15, -0.1) is 0 Å². The zero-order chi connectivity index (χ0) is 21.5. The predicted octanol–water partition coefficient (Wildman–Crippen LogP) is 1.19. The van der Waals surface area contributed by atoms with E-state index in [4.69, 9.17) is 4.74 Å². The van der Waals surface area contributed by atoms with Crippen molar-refractivity contribution in [3.63, 3.8) is 0 Å². The van der Waals surface area contributed by atoms with Gasteiger partial charge in [0.1, 0.15) is 0 Å². The number of unbranched alkanes of at least 4 members (excludes halogenated alkanes) is 1. The van der Waals surface area contributed by atoms with E-state index in [1.165, 1.54) is 12.1 Å². The molecule has 0 heterocycles. The fourth-order valence-corrected chi connectivity index (χ4v) is 6.46. The van der Waals surface area contributed by atoms with E-state index in [-0.39, 0.29) is 0 Å². The first-order chi connectivity index (χ1) is 13.7. The van der Waals surface area contributed by atoms with Crippen LogP contribution in [0.1, 0.15) is 19.8 Å². The molecule has 0 aliphatic rings. The van der Waals surface area contributed by atoms with Crippen molar-refractivity contribution in [1.82, 2.24) is 0 Å². The third kappa shape index (κ3) is 6.83. The van der Waals surface area contributed by atoms with Crippen LogP contribution in [-0.2, 0) is 24.4 Å². The number of sulfonamides is 1. The van der Waals surface area contributed by atoms with Crippen LogP contribution in [0.3, 0.4) is 0 Å². The average Bonchev–Trinajstić information content (AvgIpc) is 2.69. The van der Waals surface area contributed by atoms with Gasteiger partial charge < -0.3 is 0 Å². The number of hydrogen-bond donors (Lipinski definition) is 0. The summed E-state index contributed by atoms with van der Waals surface area (Å²) in [7, 11) is -10.1. The first-order valence-corrected chi connectivity index (χ1v) is 13.4. The summed E-state index contributed by atoms with van der Waals surface area (Å²) in [4.78, 5) is -0.490. The van der Waals surface area contributed by atoms with E-state index < -0.39 is 51.9 Å². The quantitative estimate of drug-likeness (QED) is 0.320. The minimum atomic E-state index is -5.29. The Labute approximate surface area is 178 Å². The standard InChI is InChI=1S/C17H18F3INO5S2/c1-2-3-12-26-15-8-4-13(5-9-15)21-14-6-10-16(11-7-14)28(23,24)22-29(25,27-20)17(18)19/h4-11,17H,2-3,12H2,1H3/q-1. The van der Waals surface area contributed by atoms with Crippen molar-refractivity contribution < 1.29 is 56.3 Å². The second kappa shape index (κ2) is 10.6. The van der Waals surface area contributed by atoms with Crippen molar-refractivity contribution in [2.24, 2.45) is 3.77 Å². The summed E-state index contributed by atoms with van der Waals surface area (Å²) < 4.78 is 85.1. The molecule has 0 aromatic heterocycles. The van der Waals surface area contributed by atoms with E-state index in [9.17, 15) is 25.9 Å². The SMILES string of the molecule is CCCCOc1ccc([I-]c2ccc(S(=O)(=O)N=S(=O)(OF)C(F)F)cc2)cc1. The molecule has 0 spiro atoms. The molecule has 1 unspecified atom stereocenters. The maximum atomic E-state index is 12.5. The molecule has 0 bridgehead atoms. The summed E-state index contributed by atoms with van der Waals surface area (Å²) >= 11 is -0.634. The van der Waals surface area contributed by atoms with Gasteiger partial charge in [0.25, 0.3) is 0 Å². The Hall–Kier alpha value is -1.38. The van der Waals surface area contributed by atoms with Gasteiger partial charge in [-0.1, -0.05) is 0 Å². The number of ether oxygens (including phenoxy) is 1. The summed E-state index contributed by atoms with van der Waals surface area (Å²) in [6, 6.07) is 12.8. The van der Waals surface area contributed by atoms with Gasteiger partial charge in [0.15, 0.2) is 0 Å². The van der Waals surface area contributed by atoms with Crippen LogP contribution in [0.4, 0.5) is 13.3 Å². The summed E-state index contributed by atoms with van der Waals surface area (Å²) in [6.07, 6.45) is 2.02. The Morgan fingerprint density at radius 2 is 1.55 bits per heavy atom. The average molecular weight is 564 g/mol. The molecule has 0 radical (unpaired) electrons. The van der Waals surface area contributed by atoms with Crippen molar-refractivity contribution in [1.29, 1.82) is 0 Å². The summed E-state index contributed by atoms with van der Waals surface area (Å²) in [5.74, 6) is -3.15. The first kappa shape index (κ1) is 23.9. The van der Waals surface area contributed by atoms with Crippen LogP contribution in [0.25, 0.3) is 0 Å². The second-order valence-corrected chi connectivity index (χ2v) is 12.2. The van der Waals surface area contributed by atoms with E-state index in [0.29, 0.717) is 6.61 Å². The third-order valence-corrected chi connectivity index (χ3v) is 9.23. The van der Waals surface area contributed by atoms with E-state index in [1.54, 1.807) is 0 Å². The van der Waals surface area contributed by atoms with Gasteiger partial charge in [0.05, 0.1) is 0 Å². The molecule has 2 aromatic carbocycles. The summed E-state index contributed by atoms with van der Waals surface area (Å²) in [6.45, 7) is 2.73. The minimum absolute atomic E-state index is 0.490. The van der Waals surface area contributed by atoms with Gasteiger partial charge in [-0.3, -0.25) is 0 Å². The second-order valence-electron chi connectivity index (χ2n) is 5.59. The predicted molar refractivity (Wildman–Crippen MR) is 96.6 cm³/mol. The summed E-state index contributed by atoms with van der Waals surface area (Å²) in [5.41, 5.74) is 0. The van der Waals surface area contributed by atoms with Crippen molar-refractivity contribution in [3.8, 4) is 5.75 Å². The fourth-order valence-electron chi connectivity index (χ4n) is 1.98. The molecule has 29 heavy (non-hydrogen) atoms. The Morgan fingerprint density at radius 1 is 1.00 bits per heavy atom. The van der Waals surface area contributed by atoms with Crippen LogP contribution in [0, 0.1) is 7.14 Å². The molecule has 0 fully saturated rings. The molecule has 2 rings (SSSR count). The topological polar surface area (TPSA) is 82.0 Å². The van der Waals surface area contributed by atoms with Crippen LogP contribution in [0.2, 0.25) is 0 Å². The number of benzene rings is 2. The summed E-state index contributed by atoms with van der Waals surface area (Å²) in [5, 5.41) is 0. The first-order valence-electron chi connectivity index (χ1n) is 8.28. The van der Waals surface area contributed by atoms with Gasteiger partial charge in [0, 0.05) is 0 Å².